The number of amides is 2. The van der Waals surface area contributed by atoms with Crippen LogP contribution in [0.5, 0.6) is 5.75 Å². The maximum atomic E-state index is 11.9. The van der Waals surface area contributed by atoms with Gasteiger partial charge in [0, 0.05) is 24.2 Å². The van der Waals surface area contributed by atoms with Gasteiger partial charge < -0.3 is 15.4 Å². The molecule has 2 amide bonds. The first-order chi connectivity index (χ1) is 12.0. The third-order valence-corrected chi connectivity index (χ3v) is 3.21. The summed E-state index contributed by atoms with van der Waals surface area (Å²) in [6, 6.07) is 14.5. The zero-order valence-corrected chi connectivity index (χ0v) is 14.3. The molecular weight excluding hydrogens is 316 g/mol. The summed E-state index contributed by atoms with van der Waals surface area (Å²) in [7, 11) is 0. The fraction of sp³-hybridized carbons (Fsp3) is 0.200. The molecule has 2 N–H and O–H groups in total. The molecule has 0 saturated carbocycles. The highest BCUT2D eigenvalue weighted by atomic mass is 16.5. The Morgan fingerprint density at radius 2 is 1.88 bits per heavy atom. The highest BCUT2D eigenvalue weighted by Crippen LogP contribution is 2.16. The van der Waals surface area contributed by atoms with Gasteiger partial charge in [0.05, 0.1) is 6.54 Å². The summed E-state index contributed by atoms with van der Waals surface area (Å²) in [5.74, 6) is 6.01. The number of hydrogen-bond donors (Lipinski definition) is 2. The quantitative estimate of drug-likeness (QED) is 0.825. The number of carbonyl (C=O) groups is 2. The molecule has 2 aromatic carbocycles. The van der Waals surface area contributed by atoms with Crippen molar-refractivity contribution in [2.45, 2.75) is 13.8 Å². The number of anilines is 1. The van der Waals surface area contributed by atoms with Crippen molar-refractivity contribution in [3.05, 3.63) is 59.7 Å². The van der Waals surface area contributed by atoms with E-state index in [1.165, 1.54) is 6.92 Å². The van der Waals surface area contributed by atoms with Crippen LogP contribution in [0.2, 0.25) is 0 Å². The minimum absolute atomic E-state index is 0.138. The Labute approximate surface area is 147 Å². The minimum atomic E-state index is -0.151. The second-order valence-electron chi connectivity index (χ2n) is 5.40. The van der Waals surface area contributed by atoms with Crippen LogP contribution < -0.4 is 15.4 Å². The van der Waals surface area contributed by atoms with E-state index >= 15 is 0 Å². The number of rotatable bonds is 5. The average Bonchev–Trinajstić information content (AvgIpc) is 2.57. The second-order valence-corrected chi connectivity index (χ2v) is 5.40. The summed E-state index contributed by atoms with van der Waals surface area (Å²) in [6.45, 7) is 3.84. The molecule has 0 bridgehead atoms. The van der Waals surface area contributed by atoms with Crippen molar-refractivity contribution in [3.63, 3.8) is 0 Å². The van der Waals surface area contributed by atoms with Gasteiger partial charge in [-0.15, -0.1) is 0 Å². The predicted molar refractivity (Wildman–Crippen MR) is 97.5 cm³/mol. The molecule has 128 valence electrons. The number of ether oxygens (including phenoxy) is 1. The van der Waals surface area contributed by atoms with E-state index in [0.717, 1.165) is 5.56 Å². The molecule has 5 heteroatoms. The minimum Gasteiger partial charge on any atom is -0.481 e. The first-order valence-corrected chi connectivity index (χ1v) is 7.85. The zero-order valence-electron chi connectivity index (χ0n) is 14.3. The summed E-state index contributed by atoms with van der Waals surface area (Å²) < 4.78 is 5.50. The smallest absolute Gasteiger partial charge is 0.252 e. The van der Waals surface area contributed by atoms with Crippen LogP contribution in [0, 0.1) is 18.8 Å². The first kappa shape index (κ1) is 18.1. The monoisotopic (exact) mass is 336 g/mol. The maximum absolute atomic E-state index is 11.9. The van der Waals surface area contributed by atoms with Crippen LogP contribution >= 0.6 is 0 Å². The molecule has 0 atom stereocenters. The number of aryl methyl sites for hydroxylation is 1. The van der Waals surface area contributed by atoms with Gasteiger partial charge >= 0.3 is 0 Å². The van der Waals surface area contributed by atoms with E-state index in [1.807, 2.05) is 25.1 Å². The van der Waals surface area contributed by atoms with E-state index in [1.54, 1.807) is 30.3 Å². The molecule has 0 saturated heterocycles. The lowest BCUT2D eigenvalue weighted by Gasteiger charge is -2.05. The highest BCUT2D eigenvalue weighted by molar-refractivity contribution is 5.94. The molecule has 0 aliphatic rings. The fourth-order valence-corrected chi connectivity index (χ4v) is 2.11. The van der Waals surface area contributed by atoms with E-state index < -0.39 is 0 Å². The van der Waals surface area contributed by atoms with E-state index in [0.29, 0.717) is 17.0 Å². The molecule has 2 aromatic rings. The SMILES string of the molecule is CC(=O)Nc1cccc(OCC#CCNC(=O)c2cccc(C)c2)c1. The number of benzene rings is 2. The molecule has 25 heavy (non-hydrogen) atoms. The summed E-state index contributed by atoms with van der Waals surface area (Å²) in [5.41, 5.74) is 2.32. The molecule has 2 rings (SSSR count). The maximum Gasteiger partial charge on any atom is 0.252 e. The van der Waals surface area contributed by atoms with Crippen molar-refractivity contribution in [2.75, 3.05) is 18.5 Å². The van der Waals surface area contributed by atoms with Crippen LogP contribution in [0.1, 0.15) is 22.8 Å². The summed E-state index contributed by atoms with van der Waals surface area (Å²) in [5, 5.41) is 5.43. The lowest BCUT2D eigenvalue weighted by atomic mass is 10.1. The molecule has 0 aliphatic carbocycles. The Balaban J connectivity index is 1.76. The number of carbonyl (C=O) groups excluding carboxylic acids is 2. The predicted octanol–water partition coefficient (Wildman–Crippen LogP) is 2.77. The van der Waals surface area contributed by atoms with Crippen molar-refractivity contribution in [1.82, 2.24) is 5.32 Å². The molecule has 0 fully saturated rings. The van der Waals surface area contributed by atoms with Crippen LogP contribution in [0.4, 0.5) is 5.69 Å². The molecule has 5 nitrogen and oxygen atoms in total. The van der Waals surface area contributed by atoms with E-state index in [9.17, 15) is 9.59 Å². The largest absolute Gasteiger partial charge is 0.481 e. The normalized spacial score (nSPS) is 9.52. The third-order valence-electron chi connectivity index (χ3n) is 3.21. The van der Waals surface area contributed by atoms with Gasteiger partial charge in [-0.2, -0.15) is 0 Å². The molecule has 0 heterocycles. The summed E-state index contributed by atoms with van der Waals surface area (Å²) >= 11 is 0. The van der Waals surface area contributed by atoms with Gasteiger partial charge in [0.15, 0.2) is 0 Å². The Kier molecular flexibility index (Phi) is 6.61. The highest BCUT2D eigenvalue weighted by Gasteiger charge is 2.03. The van der Waals surface area contributed by atoms with E-state index in [-0.39, 0.29) is 25.0 Å². The number of nitrogens with one attached hydrogen (secondary N) is 2. The second kappa shape index (κ2) is 9.14. The average molecular weight is 336 g/mol. The van der Waals surface area contributed by atoms with E-state index in [2.05, 4.69) is 22.5 Å². The lowest BCUT2D eigenvalue weighted by Crippen LogP contribution is -2.23. The van der Waals surface area contributed by atoms with Crippen LogP contribution in [-0.4, -0.2) is 25.0 Å². The molecule has 0 radical (unpaired) electrons. The summed E-state index contributed by atoms with van der Waals surface area (Å²) in [6.07, 6.45) is 0. The summed E-state index contributed by atoms with van der Waals surface area (Å²) in [4.78, 5) is 23.0. The standard InChI is InChI=1S/C20H20N2O3/c1-15-7-5-8-17(13-15)20(24)21-11-3-4-12-25-19-10-6-9-18(14-19)22-16(2)23/h5-10,13-14H,11-12H2,1-2H3,(H,21,24)(H,22,23). The van der Waals surface area contributed by atoms with Gasteiger partial charge in [0.25, 0.3) is 5.91 Å². The number of hydrogen-bond acceptors (Lipinski definition) is 3. The van der Waals surface area contributed by atoms with Crippen molar-refractivity contribution in [1.29, 1.82) is 0 Å². The van der Waals surface area contributed by atoms with Gasteiger partial charge in [-0.1, -0.05) is 35.6 Å². The Morgan fingerprint density at radius 3 is 2.64 bits per heavy atom. The van der Waals surface area contributed by atoms with Crippen LogP contribution in [0.25, 0.3) is 0 Å². The van der Waals surface area contributed by atoms with Crippen molar-refractivity contribution in [2.24, 2.45) is 0 Å². The van der Waals surface area contributed by atoms with Crippen molar-refractivity contribution >= 4 is 17.5 Å². The van der Waals surface area contributed by atoms with Crippen LogP contribution in [-0.2, 0) is 4.79 Å². The van der Waals surface area contributed by atoms with Gasteiger partial charge in [0.2, 0.25) is 5.91 Å². The van der Waals surface area contributed by atoms with Gasteiger partial charge in [-0.25, -0.2) is 0 Å². The Bertz CT molecular complexity index is 819. The van der Waals surface area contributed by atoms with Crippen molar-refractivity contribution < 1.29 is 14.3 Å². The van der Waals surface area contributed by atoms with Gasteiger partial charge in [-0.3, -0.25) is 9.59 Å². The third kappa shape index (κ3) is 6.40. The van der Waals surface area contributed by atoms with Gasteiger partial charge in [0.1, 0.15) is 12.4 Å². The van der Waals surface area contributed by atoms with Crippen molar-refractivity contribution in [3.8, 4) is 17.6 Å². The topological polar surface area (TPSA) is 67.4 Å². The fourth-order valence-electron chi connectivity index (χ4n) is 2.11. The molecule has 0 aliphatic heterocycles. The molecule has 0 spiro atoms. The molecule has 0 unspecified atom stereocenters. The lowest BCUT2D eigenvalue weighted by molar-refractivity contribution is -0.114. The Morgan fingerprint density at radius 1 is 1.08 bits per heavy atom. The van der Waals surface area contributed by atoms with Gasteiger partial charge in [-0.05, 0) is 31.2 Å². The van der Waals surface area contributed by atoms with E-state index in [4.69, 9.17) is 4.74 Å². The van der Waals surface area contributed by atoms with Crippen LogP contribution in [0.15, 0.2) is 48.5 Å². The Hall–Kier alpha value is -3.26. The van der Waals surface area contributed by atoms with Crippen LogP contribution in [0.3, 0.4) is 0 Å². The molecule has 0 aromatic heterocycles. The zero-order chi connectivity index (χ0) is 18.1. The first-order valence-electron chi connectivity index (χ1n) is 7.85. The molecular formula is C20H20N2O3.